The van der Waals surface area contributed by atoms with E-state index in [9.17, 15) is 4.79 Å². The van der Waals surface area contributed by atoms with Crippen molar-refractivity contribution in [2.24, 2.45) is 0 Å². The maximum absolute atomic E-state index is 12.7. The standard InChI is InChI=1S/C21H22N2O2/c1-14-3-5-15(6-4-14)11-21(24)23-10-9-20-18(13-23)17-12-16(25-2)7-8-19(17)22-20/h3-8,12,22H,9-11,13H2,1-2H3. The smallest absolute Gasteiger partial charge is 0.227 e. The van der Waals surface area contributed by atoms with E-state index in [2.05, 4.69) is 30.1 Å². The molecule has 1 N–H and O–H groups in total. The Kier molecular flexibility index (Phi) is 3.96. The van der Waals surface area contributed by atoms with E-state index in [1.807, 2.05) is 29.2 Å². The van der Waals surface area contributed by atoms with Crippen molar-refractivity contribution < 1.29 is 9.53 Å². The summed E-state index contributed by atoms with van der Waals surface area (Å²) in [6, 6.07) is 14.3. The van der Waals surface area contributed by atoms with Crippen molar-refractivity contribution in [3.8, 4) is 5.75 Å². The van der Waals surface area contributed by atoms with Crippen LogP contribution in [0.25, 0.3) is 10.9 Å². The number of hydrogen-bond acceptors (Lipinski definition) is 2. The number of nitrogens with zero attached hydrogens (tertiary/aromatic N) is 1. The van der Waals surface area contributed by atoms with Crippen molar-refractivity contribution in [2.75, 3.05) is 13.7 Å². The highest BCUT2D eigenvalue weighted by Gasteiger charge is 2.24. The van der Waals surface area contributed by atoms with Crippen LogP contribution in [0, 0.1) is 6.92 Å². The highest BCUT2D eigenvalue weighted by Crippen LogP contribution is 2.30. The average molecular weight is 334 g/mol. The first-order valence-electron chi connectivity index (χ1n) is 8.65. The number of fused-ring (bicyclic) bond motifs is 3. The number of methoxy groups -OCH3 is 1. The van der Waals surface area contributed by atoms with E-state index in [-0.39, 0.29) is 5.91 Å². The van der Waals surface area contributed by atoms with E-state index in [0.29, 0.717) is 13.0 Å². The summed E-state index contributed by atoms with van der Waals surface area (Å²) in [5.41, 5.74) is 5.85. The van der Waals surface area contributed by atoms with E-state index in [0.717, 1.165) is 35.2 Å². The predicted octanol–water partition coefficient (Wildman–Crippen LogP) is 3.61. The van der Waals surface area contributed by atoms with E-state index in [1.165, 1.54) is 16.8 Å². The van der Waals surface area contributed by atoms with Gasteiger partial charge in [0.2, 0.25) is 5.91 Å². The van der Waals surface area contributed by atoms with Crippen LogP contribution in [-0.2, 0) is 24.2 Å². The first kappa shape index (κ1) is 15.8. The van der Waals surface area contributed by atoms with Crippen LogP contribution in [0.1, 0.15) is 22.4 Å². The predicted molar refractivity (Wildman–Crippen MR) is 98.9 cm³/mol. The zero-order valence-electron chi connectivity index (χ0n) is 14.6. The number of nitrogens with one attached hydrogen (secondary N) is 1. The lowest BCUT2D eigenvalue weighted by atomic mass is 10.0. The maximum atomic E-state index is 12.7. The van der Waals surface area contributed by atoms with Gasteiger partial charge in [0.05, 0.1) is 13.5 Å². The number of carbonyl (C=O) groups is 1. The van der Waals surface area contributed by atoms with Crippen LogP contribution in [0.2, 0.25) is 0 Å². The highest BCUT2D eigenvalue weighted by atomic mass is 16.5. The zero-order chi connectivity index (χ0) is 17.4. The number of aromatic nitrogens is 1. The number of aromatic amines is 1. The second-order valence-corrected chi connectivity index (χ2v) is 6.72. The quantitative estimate of drug-likeness (QED) is 0.795. The SMILES string of the molecule is COc1ccc2[nH]c3c(c2c1)CN(C(=O)Cc1ccc(C)cc1)CC3. The number of aryl methyl sites for hydroxylation is 1. The van der Waals surface area contributed by atoms with E-state index >= 15 is 0 Å². The van der Waals surface area contributed by atoms with Gasteiger partial charge in [0.1, 0.15) is 5.75 Å². The molecule has 1 aromatic heterocycles. The second kappa shape index (κ2) is 6.28. The van der Waals surface area contributed by atoms with Crippen molar-refractivity contribution in [3.63, 3.8) is 0 Å². The molecule has 0 aliphatic carbocycles. The third-order valence-corrected chi connectivity index (χ3v) is 5.01. The number of H-pyrrole nitrogens is 1. The molecular weight excluding hydrogens is 312 g/mol. The van der Waals surface area contributed by atoms with Crippen molar-refractivity contribution in [2.45, 2.75) is 26.3 Å². The number of hydrogen-bond donors (Lipinski definition) is 1. The van der Waals surface area contributed by atoms with Crippen LogP contribution < -0.4 is 4.74 Å². The van der Waals surface area contributed by atoms with Crippen LogP contribution in [0.4, 0.5) is 0 Å². The molecule has 1 aliphatic heterocycles. The normalized spacial score (nSPS) is 13.8. The summed E-state index contributed by atoms with van der Waals surface area (Å²) in [7, 11) is 1.68. The molecule has 0 saturated carbocycles. The molecule has 25 heavy (non-hydrogen) atoms. The zero-order valence-corrected chi connectivity index (χ0v) is 14.6. The summed E-state index contributed by atoms with van der Waals surface area (Å²) in [6.45, 7) is 3.48. The van der Waals surface area contributed by atoms with Crippen LogP contribution in [0.3, 0.4) is 0 Å². The number of amides is 1. The first-order chi connectivity index (χ1) is 12.1. The molecule has 0 saturated heterocycles. The molecule has 0 atom stereocenters. The Hall–Kier alpha value is -2.75. The Bertz CT molecular complexity index is 925. The summed E-state index contributed by atoms with van der Waals surface area (Å²) in [5, 5.41) is 1.15. The molecule has 0 fully saturated rings. The largest absolute Gasteiger partial charge is 0.497 e. The molecular formula is C21H22N2O2. The fourth-order valence-corrected chi connectivity index (χ4v) is 3.53. The van der Waals surface area contributed by atoms with Gasteiger partial charge in [-0.1, -0.05) is 29.8 Å². The molecule has 0 bridgehead atoms. The topological polar surface area (TPSA) is 45.3 Å². The van der Waals surface area contributed by atoms with Gasteiger partial charge in [0.15, 0.2) is 0 Å². The lowest BCUT2D eigenvalue weighted by molar-refractivity contribution is -0.131. The Morgan fingerprint density at radius 1 is 1.20 bits per heavy atom. The Balaban J connectivity index is 1.57. The molecule has 128 valence electrons. The second-order valence-electron chi connectivity index (χ2n) is 6.72. The molecule has 0 radical (unpaired) electrons. The lowest BCUT2D eigenvalue weighted by Crippen LogP contribution is -2.36. The number of benzene rings is 2. The van der Waals surface area contributed by atoms with E-state index < -0.39 is 0 Å². The van der Waals surface area contributed by atoms with Gasteiger partial charge in [0.25, 0.3) is 0 Å². The molecule has 3 aromatic rings. The minimum atomic E-state index is 0.187. The van der Waals surface area contributed by atoms with Crippen LogP contribution in [0.15, 0.2) is 42.5 Å². The van der Waals surface area contributed by atoms with Crippen molar-refractivity contribution in [3.05, 3.63) is 64.8 Å². The monoisotopic (exact) mass is 334 g/mol. The van der Waals surface area contributed by atoms with Gasteiger partial charge in [-0.3, -0.25) is 4.79 Å². The summed E-state index contributed by atoms with van der Waals surface area (Å²) in [4.78, 5) is 18.2. The molecule has 0 spiro atoms. The van der Waals surface area contributed by atoms with Gasteiger partial charge in [0, 0.05) is 41.7 Å². The van der Waals surface area contributed by atoms with E-state index in [4.69, 9.17) is 4.74 Å². The molecule has 0 unspecified atom stereocenters. The molecule has 2 aromatic carbocycles. The fourth-order valence-electron chi connectivity index (χ4n) is 3.53. The number of carbonyl (C=O) groups excluding carboxylic acids is 1. The van der Waals surface area contributed by atoms with Gasteiger partial charge in [-0.05, 0) is 30.7 Å². The van der Waals surface area contributed by atoms with E-state index in [1.54, 1.807) is 7.11 Å². The molecule has 4 nitrogen and oxygen atoms in total. The molecule has 4 rings (SSSR count). The third kappa shape index (κ3) is 3.00. The molecule has 1 aliphatic rings. The minimum absolute atomic E-state index is 0.187. The summed E-state index contributed by atoms with van der Waals surface area (Å²) >= 11 is 0. The Labute approximate surface area is 147 Å². The lowest BCUT2D eigenvalue weighted by Gasteiger charge is -2.27. The maximum Gasteiger partial charge on any atom is 0.227 e. The highest BCUT2D eigenvalue weighted by molar-refractivity contribution is 5.87. The van der Waals surface area contributed by atoms with Gasteiger partial charge in [-0.25, -0.2) is 0 Å². The third-order valence-electron chi connectivity index (χ3n) is 5.01. The van der Waals surface area contributed by atoms with Crippen LogP contribution >= 0.6 is 0 Å². The van der Waals surface area contributed by atoms with Crippen LogP contribution in [-0.4, -0.2) is 29.4 Å². The van der Waals surface area contributed by atoms with Gasteiger partial charge in [-0.2, -0.15) is 0 Å². The summed E-state index contributed by atoms with van der Waals surface area (Å²) < 4.78 is 5.35. The average Bonchev–Trinajstić information content (AvgIpc) is 3.00. The minimum Gasteiger partial charge on any atom is -0.497 e. The molecule has 1 amide bonds. The summed E-state index contributed by atoms with van der Waals surface area (Å²) in [5.74, 6) is 1.03. The van der Waals surface area contributed by atoms with Crippen LogP contribution in [0.5, 0.6) is 5.75 Å². The fraction of sp³-hybridized carbons (Fsp3) is 0.286. The van der Waals surface area contributed by atoms with Gasteiger partial charge < -0.3 is 14.6 Å². The van der Waals surface area contributed by atoms with Crippen molar-refractivity contribution in [1.29, 1.82) is 0 Å². The van der Waals surface area contributed by atoms with Gasteiger partial charge in [-0.15, -0.1) is 0 Å². The Morgan fingerprint density at radius 2 is 2.00 bits per heavy atom. The van der Waals surface area contributed by atoms with Crippen molar-refractivity contribution >= 4 is 16.8 Å². The Morgan fingerprint density at radius 3 is 2.76 bits per heavy atom. The number of ether oxygens (including phenoxy) is 1. The molecule has 2 heterocycles. The first-order valence-corrected chi connectivity index (χ1v) is 8.65. The van der Waals surface area contributed by atoms with Gasteiger partial charge >= 0.3 is 0 Å². The number of rotatable bonds is 3. The summed E-state index contributed by atoms with van der Waals surface area (Å²) in [6.07, 6.45) is 1.33. The molecule has 4 heteroatoms. The van der Waals surface area contributed by atoms with Crippen molar-refractivity contribution in [1.82, 2.24) is 9.88 Å².